The topological polar surface area (TPSA) is 25.8 Å². The van der Waals surface area contributed by atoms with Crippen LogP contribution >= 0.6 is 0 Å². The van der Waals surface area contributed by atoms with Gasteiger partial charge in [-0.25, -0.2) is 4.98 Å². The monoisotopic (exact) mass is 508 g/mol. The standard InChI is InChI=1S/C38H24N2/c1-3-11-31-29(9-1)30-10-2-4-12-32(30)37-36(31)33-13-5-6-15-35(33)40-38(37)28-22-18-26(19-23-28)25-16-20-27(21-17-25)34-14-7-8-24-39-34/h1-24H. The summed E-state index contributed by atoms with van der Waals surface area (Å²) in [5.41, 5.74) is 7.61. The van der Waals surface area contributed by atoms with E-state index in [1.807, 2.05) is 24.4 Å². The van der Waals surface area contributed by atoms with Crippen LogP contribution in [0.3, 0.4) is 0 Å². The summed E-state index contributed by atoms with van der Waals surface area (Å²) < 4.78 is 0. The highest BCUT2D eigenvalue weighted by Crippen LogP contribution is 2.42. The lowest BCUT2D eigenvalue weighted by atomic mass is 9.89. The number of pyridine rings is 2. The van der Waals surface area contributed by atoms with Crippen molar-refractivity contribution in [3.63, 3.8) is 0 Å². The van der Waals surface area contributed by atoms with Gasteiger partial charge >= 0.3 is 0 Å². The van der Waals surface area contributed by atoms with Crippen LogP contribution in [-0.4, -0.2) is 9.97 Å². The number of para-hydroxylation sites is 1. The van der Waals surface area contributed by atoms with E-state index in [1.54, 1.807) is 0 Å². The van der Waals surface area contributed by atoms with Crippen molar-refractivity contribution in [2.75, 3.05) is 0 Å². The molecule has 0 unspecified atom stereocenters. The molecule has 0 N–H and O–H groups in total. The van der Waals surface area contributed by atoms with E-state index >= 15 is 0 Å². The fourth-order valence-corrected chi connectivity index (χ4v) is 6.02. The molecule has 2 aromatic heterocycles. The van der Waals surface area contributed by atoms with Crippen LogP contribution in [0.25, 0.3) is 76.9 Å². The quantitative estimate of drug-likeness (QED) is 0.222. The van der Waals surface area contributed by atoms with Crippen LogP contribution in [0, 0.1) is 0 Å². The Kier molecular flexibility index (Phi) is 5.17. The molecule has 2 heterocycles. The second-order valence-corrected chi connectivity index (χ2v) is 10.2. The molecule has 0 radical (unpaired) electrons. The Morgan fingerprint density at radius 2 is 0.850 bits per heavy atom. The predicted molar refractivity (Wildman–Crippen MR) is 168 cm³/mol. The van der Waals surface area contributed by atoms with Gasteiger partial charge in [-0.1, -0.05) is 121 Å². The van der Waals surface area contributed by atoms with Crippen LogP contribution < -0.4 is 0 Å². The molecule has 186 valence electrons. The molecule has 0 fully saturated rings. The van der Waals surface area contributed by atoms with Crippen LogP contribution in [0.15, 0.2) is 146 Å². The number of benzene rings is 6. The van der Waals surface area contributed by atoms with Gasteiger partial charge in [0.25, 0.3) is 0 Å². The Balaban J connectivity index is 1.33. The Labute approximate surface area is 232 Å². The van der Waals surface area contributed by atoms with Gasteiger partial charge in [0.1, 0.15) is 0 Å². The second kappa shape index (κ2) is 9.14. The summed E-state index contributed by atoms with van der Waals surface area (Å²) in [6, 6.07) is 49.4. The maximum absolute atomic E-state index is 5.27. The van der Waals surface area contributed by atoms with E-state index in [0.29, 0.717) is 0 Å². The molecule has 0 aliphatic rings. The van der Waals surface area contributed by atoms with Crippen molar-refractivity contribution < 1.29 is 0 Å². The first-order chi connectivity index (χ1) is 19.8. The molecule has 0 aliphatic carbocycles. The minimum absolute atomic E-state index is 0.985. The number of nitrogens with zero attached hydrogens (tertiary/aromatic N) is 2. The number of aromatic nitrogens is 2. The number of hydrogen-bond acceptors (Lipinski definition) is 2. The first-order valence-electron chi connectivity index (χ1n) is 13.6. The summed E-state index contributed by atoms with van der Waals surface area (Å²) in [5.74, 6) is 0. The zero-order chi connectivity index (χ0) is 26.5. The first kappa shape index (κ1) is 22.6. The van der Waals surface area contributed by atoms with Gasteiger partial charge in [-0.05, 0) is 50.9 Å². The third-order valence-corrected chi connectivity index (χ3v) is 7.91. The molecular formula is C38H24N2. The Hall–Kier alpha value is -5.34. The van der Waals surface area contributed by atoms with Crippen LogP contribution in [0.5, 0.6) is 0 Å². The molecule has 0 amide bonds. The Bertz CT molecular complexity index is 2180. The molecular weight excluding hydrogens is 484 g/mol. The van der Waals surface area contributed by atoms with Gasteiger partial charge in [-0.2, -0.15) is 0 Å². The lowest BCUT2D eigenvalue weighted by Gasteiger charge is -2.16. The molecule has 0 spiro atoms. The van der Waals surface area contributed by atoms with E-state index in [2.05, 4.69) is 126 Å². The highest BCUT2D eigenvalue weighted by atomic mass is 14.7. The van der Waals surface area contributed by atoms with Crippen molar-refractivity contribution in [3.05, 3.63) is 146 Å². The molecule has 8 aromatic rings. The minimum atomic E-state index is 0.985. The third kappa shape index (κ3) is 3.58. The van der Waals surface area contributed by atoms with Gasteiger partial charge in [0.05, 0.1) is 16.9 Å². The zero-order valence-corrected chi connectivity index (χ0v) is 21.8. The van der Waals surface area contributed by atoms with E-state index in [4.69, 9.17) is 4.98 Å². The van der Waals surface area contributed by atoms with Crippen LogP contribution in [0.4, 0.5) is 0 Å². The molecule has 0 aliphatic heterocycles. The molecule has 0 saturated carbocycles. The normalized spacial score (nSPS) is 11.5. The van der Waals surface area contributed by atoms with Crippen LogP contribution in [-0.2, 0) is 0 Å². The number of rotatable bonds is 3. The lowest BCUT2D eigenvalue weighted by Crippen LogP contribution is -1.93. The second-order valence-electron chi connectivity index (χ2n) is 10.2. The fourth-order valence-electron chi connectivity index (χ4n) is 6.02. The average molecular weight is 509 g/mol. The SMILES string of the molecule is c1ccc(-c2ccc(-c3ccc(-c4nc5ccccc5c5c6ccccc6c6ccccc6c45)cc3)cc2)nc1. The van der Waals surface area contributed by atoms with Crippen molar-refractivity contribution in [2.45, 2.75) is 0 Å². The molecule has 2 heteroatoms. The van der Waals surface area contributed by atoms with Crippen molar-refractivity contribution in [1.29, 1.82) is 0 Å². The zero-order valence-electron chi connectivity index (χ0n) is 21.8. The fraction of sp³-hybridized carbons (Fsp3) is 0. The van der Waals surface area contributed by atoms with Gasteiger partial charge in [0, 0.05) is 33.5 Å². The lowest BCUT2D eigenvalue weighted by molar-refractivity contribution is 1.33. The average Bonchev–Trinajstić information content (AvgIpc) is 3.05. The van der Waals surface area contributed by atoms with Crippen molar-refractivity contribution in [1.82, 2.24) is 9.97 Å². The van der Waals surface area contributed by atoms with E-state index in [0.717, 1.165) is 28.0 Å². The predicted octanol–water partition coefficient (Wildman–Crippen LogP) is 10.1. The Morgan fingerprint density at radius 3 is 1.48 bits per heavy atom. The summed E-state index contributed by atoms with van der Waals surface area (Å²) in [4.78, 5) is 9.75. The smallest absolute Gasteiger partial charge is 0.0794 e. The number of fused-ring (bicyclic) bond motifs is 8. The van der Waals surface area contributed by atoms with Gasteiger partial charge in [0.15, 0.2) is 0 Å². The summed E-state index contributed by atoms with van der Waals surface area (Å²) in [7, 11) is 0. The maximum atomic E-state index is 5.27. The van der Waals surface area contributed by atoms with Crippen molar-refractivity contribution in [3.8, 4) is 33.6 Å². The molecule has 0 bridgehead atoms. The Morgan fingerprint density at radius 1 is 0.350 bits per heavy atom. The van der Waals surface area contributed by atoms with Gasteiger partial charge in [-0.3, -0.25) is 4.98 Å². The summed E-state index contributed by atoms with van der Waals surface area (Å²) in [6.45, 7) is 0. The highest BCUT2D eigenvalue weighted by Gasteiger charge is 2.17. The van der Waals surface area contributed by atoms with Gasteiger partial charge in [-0.15, -0.1) is 0 Å². The van der Waals surface area contributed by atoms with E-state index < -0.39 is 0 Å². The first-order valence-corrected chi connectivity index (χ1v) is 13.6. The molecule has 2 nitrogen and oxygen atoms in total. The summed E-state index contributed by atoms with van der Waals surface area (Å²) >= 11 is 0. The molecule has 0 saturated heterocycles. The maximum Gasteiger partial charge on any atom is 0.0794 e. The minimum Gasteiger partial charge on any atom is -0.256 e. The van der Waals surface area contributed by atoms with Crippen molar-refractivity contribution >= 4 is 43.2 Å². The van der Waals surface area contributed by atoms with Crippen molar-refractivity contribution in [2.24, 2.45) is 0 Å². The van der Waals surface area contributed by atoms with E-state index in [1.165, 1.54) is 48.8 Å². The number of hydrogen-bond donors (Lipinski definition) is 0. The molecule has 0 atom stereocenters. The molecule has 8 rings (SSSR count). The summed E-state index contributed by atoms with van der Waals surface area (Å²) in [6.07, 6.45) is 1.83. The third-order valence-electron chi connectivity index (χ3n) is 7.91. The van der Waals surface area contributed by atoms with Gasteiger partial charge in [0.2, 0.25) is 0 Å². The van der Waals surface area contributed by atoms with Crippen LogP contribution in [0.1, 0.15) is 0 Å². The molecule has 6 aromatic carbocycles. The molecule has 40 heavy (non-hydrogen) atoms. The van der Waals surface area contributed by atoms with E-state index in [9.17, 15) is 0 Å². The van der Waals surface area contributed by atoms with E-state index in [-0.39, 0.29) is 0 Å². The summed E-state index contributed by atoms with van der Waals surface area (Å²) in [5, 5.41) is 8.70. The highest BCUT2D eigenvalue weighted by molar-refractivity contribution is 6.33. The van der Waals surface area contributed by atoms with Crippen LogP contribution in [0.2, 0.25) is 0 Å². The largest absolute Gasteiger partial charge is 0.256 e. The van der Waals surface area contributed by atoms with Gasteiger partial charge < -0.3 is 0 Å².